The predicted octanol–water partition coefficient (Wildman–Crippen LogP) is 0.326. The Balaban J connectivity index is 3.25. The number of ether oxygens (including phenoxy) is 5. The van der Waals surface area contributed by atoms with Crippen molar-refractivity contribution in [2.45, 2.75) is 57.5 Å². The minimum atomic E-state index is -1.21. The molecule has 1 rings (SSSR count). The second kappa shape index (κ2) is 10.7. The lowest BCUT2D eigenvalue weighted by atomic mass is 9.99. The van der Waals surface area contributed by atoms with E-state index in [1.807, 2.05) is 6.07 Å². The molecule has 0 aliphatic carbocycles. The van der Waals surface area contributed by atoms with Crippen molar-refractivity contribution >= 4 is 35.6 Å². The van der Waals surface area contributed by atoms with E-state index >= 15 is 0 Å². The molecule has 1 saturated heterocycles. The van der Waals surface area contributed by atoms with E-state index in [9.17, 15) is 19.2 Å². The van der Waals surface area contributed by atoms with Crippen LogP contribution in [-0.4, -0.2) is 66.1 Å². The van der Waals surface area contributed by atoms with Crippen LogP contribution in [0.4, 0.5) is 0 Å². The summed E-state index contributed by atoms with van der Waals surface area (Å²) < 4.78 is 26.4. The van der Waals surface area contributed by atoms with E-state index in [1.165, 1.54) is 6.92 Å². The molecule has 2 unspecified atom stereocenters. The van der Waals surface area contributed by atoms with Crippen LogP contribution < -0.4 is 0 Å². The van der Waals surface area contributed by atoms with Gasteiger partial charge < -0.3 is 23.7 Å². The van der Waals surface area contributed by atoms with Gasteiger partial charge in [0.25, 0.3) is 0 Å². The Morgan fingerprint density at radius 3 is 1.89 bits per heavy atom. The lowest BCUT2D eigenvalue weighted by molar-refractivity contribution is -0.237. The minimum Gasteiger partial charge on any atom is -0.463 e. The number of rotatable bonds is 7. The van der Waals surface area contributed by atoms with Gasteiger partial charge >= 0.3 is 23.9 Å². The lowest BCUT2D eigenvalue weighted by Crippen LogP contribution is -2.61. The SMILES string of the molecule is CC(=O)OCC1O[C@@H](SCC#N)C(OC(C)=O)[C@H](OC(C)=O)[C@@H]1OC(C)=O. The summed E-state index contributed by atoms with van der Waals surface area (Å²) in [4.78, 5) is 45.8. The minimum absolute atomic E-state index is 0.00621. The summed E-state index contributed by atoms with van der Waals surface area (Å²) in [5.74, 6) is -2.67. The van der Waals surface area contributed by atoms with Crippen LogP contribution in [0.25, 0.3) is 0 Å². The highest BCUT2D eigenvalue weighted by Gasteiger charge is 2.52. The van der Waals surface area contributed by atoms with Crippen LogP contribution in [0.15, 0.2) is 0 Å². The van der Waals surface area contributed by atoms with Crippen molar-refractivity contribution in [3.05, 3.63) is 0 Å². The molecule has 0 radical (unpaired) electrons. The number of nitriles is 1. The number of carbonyl (C=O) groups is 4. The van der Waals surface area contributed by atoms with Crippen molar-refractivity contribution in [2.75, 3.05) is 12.4 Å². The molecule has 0 aromatic heterocycles. The number of esters is 4. The molecule has 0 spiro atoms. The summed E-state index contributed by atoms with van der Waals surface area (Å²) in [6.07, 6.45) is -4.53. The Labute approximate surface area is 160 Å². The smallest absolute Gasteiger partial charge is 0.303 e. The Morgan fingerprint density at radius 2 is 1.41 bits per heavy atom. The Hall–Kier alpha value is -2.32. The average Bonchev–Trinajstić information content (AvgIpc) is 2.54. The highest BCUT2D eigenvalue weighted by molar-refractivity contribution is 8.00. The lowest BCUT2D eigenvalue weighted by Gasteiger charge is -2.44. The van der Waals surface area contributed by atoms with E-state index in [0.29, 0.717) is 0 Å². The Bertz CT molecular complexity index is 618. The molecule has 27 heavy (non-hydrogen) atoms. The van der Waals surface area contributed by atoms with Crippen molar-refractivity contribution in [1.29, 1.82) is 5.26 Å². The number of carbonyl (C=O) groups excluding carboxylic acids is 4. The Kier molecular flexibility index (Phi) is 9.04. The second-order valence-corrected chi connectivity index (χ2v) is 6.62. The highest BCUT2D eigenvalue weighted by Crippen LogP contribution is 2.34. The quantitative estimate of drug-likeness (QED) is 0.429. The summed E-state index contributed by atoms with van der Waals surface area (Å²) in [6, 6.07) is 1.92. The molecule has 0 aromatic carbocycles. The molecule has 0 N–H and O–H groups in total. The van der Waals surface area contributed by atoms with Gasteiger partial charge in [0.05, 0.1) is 11.8 Å². The van der Waals surface area contributed by atoms with Gasteiger partial charge in [-0.05, 0) is 0 Å². The molecule has 0 amide bonds. The maximum atomic E-state index is 11.6. The van der Waals surface area contributed by atoms with Crippen molar-refractivity contribution in [3.8, 4) is 6.07 Å². The maximum Gasteiger partial charge on any atom is 0.303 e. The summed E-state index contributed by atoms with van der Waals surface area (Å²) in [7, 11) is 0. The molecule has 1 fully saturated rings. The Morgan fingerprint density at radius 1 is 0.889 bits per heavy atom. The van der Waals surface area contributed by atoms with Gasteiger partial charge in [0.1, 0.15) is 18.1 Å². The van der Waals surface area contributed by atoms with Crippen LogP contribution in [0.5, 0.6) is 0 Å². The standard InChI is InChI=1S/C16H21NO9S/c1-8(18)22-7-12-13(23-9(2)19)14(24-10(3)20)15(25-11(4)21)16(26-12)27-6-5-17/h12-16H,6-7H2,1-4H3/t12?,13-,14-,15?,16+/m1/s1. The second-order valence-electron chi connectivity index (χ2n) is 5.54. The van der Waals surface area contributed by atoms with Crippen LogP contribution in [0.2, 0.25) is 0 Å². The third kappa shape index (κ3) is 7.44. The van der Waals surface area contributed by atoms with Crippen LogP contribution in [-0.2, 0) is 42.9 Å². The highest BCUT2D eigenvalue weighted by atomic mass is 32.2. The first-order valence-corrected chi connectivity index (χ1v) is 8.99. The van der Waals surface area contributed by atoms with E-state index < -0.39 is 53.7 Å². The topological polar surface area (TPSA) is 138 Å². The molecular formula is C16H21NO9S. The van der Waals surface area contributed by atoms with Crippen LogP contribution in [0, 0.1) is 11.3 Å². The van der Waals surface area contributed by atoms with E-state index in [0.717, 1.165) is 32.5 Å². The van der Waals surface area contributed by atoms with Gasteiger partial charge in [-0.3, -0.25) is 19.2 Å². The van der Waals surface area contributed by atoms with E-state index in [-0.39, 0.29) is 12.4 Å². The first-order valence-electron chi connectivity index (χ1n) is 7.94. The van der Waals surface area contributed by atoms with Crippen LogP contribution in [0.1, 0.15) is 27.7 Å². The third-order valence-electron chi connectivity index (χ3n) is 3.26. The molecule has 1 heterocycles. The van der Waals surface area contributed by atoms with Gasteiger partial charge in [-0.1, -0.05) is 0 Å². The molecular weight excluding hydrogens is 382 g/mol. The summed E-state index contributed by atoms with van der Waals surface area (Å²) in [6.45, 7) is 4.34. The fourth-order valence-electron chi connectivity index (χ4n) is 2.44. The van der Waals surface area contributed by atoms with Crippen molar-refractivity contribution < 1.29 is 42.9 Å². The summed E-state index contributed by atoms with van der Waals surface area (Å²) >= 11 is 1.00. The van der Waals surface area contributed by atoms with Crippen LogP contribution >= 0.6 is 11.8 Å². The number of nitrogens with zero attached hydrogens (tertiary/aromatic N) is 1. The van der Waals surface area contributed by atoms with Gasteiger partial charge in [0.2, 0.25) is 0 Å². The molecule has 1 aliphatic heterocycles. The zero-order valence-corrected chi connectivity index (χ0v) is 16.1. The predicted molar refractivity (Wildman–Crippen MR) is 90.0 cm³/mol. The molecule has 150 valence electrons. The maximum absolute atomic E-state index is 11.6. The van der Waals surface area contributed by atoms with E-state index in [2.05, 4.69) is 0 Å². The average molecular weight is 403 g/mol. The molecule has 0 bridgehead atoms. The fourth-order valence-corrected chi connectivity index (χ4v) is 3.30. The molecule has 1 aliphatic rings. The third-order valence-corrected chi connectivity index (χ3v) is 4.26. The first kappa shape index (κ1) is 22.7. The normalized spacial score (nSPS) is 27.0. The monoisotopic (exact) mass is 403 g/mol. The van der Waals surface area contributed by atoms with E-state index in [4.69, 9.17) is 28.9 Å². The number of hydrogen-bond acceptors (Lipinski definition) is 11. The first-order chi connectivity index (χ1) is 12.6. The van der Waals surface area contributed by atoms with Gasteiger partial charge in [-0.25, -0.2) is 0 Å². The number of thioether (sulfide) groups is 1. The fraction of sp³-hybridized carbons (Fsp3) is 0.688. The van der Waals surface area contributed by atoms with Gasteiger partial charge in [0, 0.05) is 27.7 Å². The number of hydrogen-bond donors (Lipinski definition) is 0. The molecule has 10 nitrogen and oxygen atoms in total. The van der Waals surface area contributed by atoms with Gasteiger partial charge in [0.15, 0.2) is 18.3 Å². The van der Waals surface area contributed by atoms with Crippen molar-refractivity contribution in [3.63, 3.8) is 0 Å². The summed E-state index contributed by atoms with van der Waals surface area (Å²) in [5.41, 5.74) is -0.912. The van der Waals surface area contributed by atoms with Crippen molar-refractivity contribution in [1.82, 2.24) is 0 Å². The van der Waals surface area contributed by atoms with Crippen molar-refractivity contribution in [2.24, 2.45) is 0 Å². The molecule has 5 atom stereocenters. The largest absolute Gasteiger partial charge is 0.463 e. The van der Waals surface area contributed by atoms with Gasteiger partial charge in [-0.2, -0.15) is 5.26 Å². The molecule has 0 saturated carbocycles. The summed E-state index contributed by atoms with van der Waals surface area (Å²) in [5, 5.41) is 8.83. The van der Waals surface area contributed by atoms with E-state index in [1.54, 1.807) is 0 Å². The van der Waals surface area contributed by atoms with Gasteiger partial charge in [-0.15, -0.1) is 11.8 Å². The van der Waals surface area contributed by atoms with Crippen LogP contribution in [0.3, 0.4) is 0 Å². The zero-order chi connectivity index (χ0) is 20.6. The molecule has 11 heteroatoms. The zero-order valence-electron chi connectivity index (χ0n) is 15.3. The molecule has 0 aromatic rings.